The lowest BCUT2D eigenvalue weighted by Gasteiger charge is -2.26. The van der Waals surface area contributed by atoms with Crippen LogP contribution in [0.1, 0.15) is 36.1 Å². The highest BCUT2D eigenvalue weighted by Crippen LogP contribution is 2.31. The van der Waals surface area contributed by atoms with Crippen LogP contribution < -0.4 is 0 Å². The van der Waals surface area contributed by atoms with Gasteiger partial charge in [-0.15, -0.1) is 11.3 Å². The average Bonchev–Trinajstić information content (AvgIpc) is 3.19. The Morgan fingerprint density at radius 1 is 0.750 bits per heavy atom. The molecule has 0 radical (unpaired) electrons. The molecule has 0 N–H and O–H groups in total. The van der Waals surface area contributed by atoms with Gasteiger partial charge < -0.3 is 0 Å². The van der Waals surface area contributed by atoms with E-state index in [1.54, 1.807) is 0 Å². The van der Waals surface area contributed by atoms with E-state index in [1.807, 2.05) is 11.3 Å². The van der Waals surface area contributed by atoms with E-state index in [9.17, 15) is 0 Å². The van der Waals surface area contributed by atoms with Gasteiger partial charge in [0.05, 0.1) is 0 Å². The Morgan fingerprint density at radius 3 is 2.21 bits per heavy atom. The van der Waals surface area contributed by atoms with E-state index in [4.69, 9.17) is 0 Å². The predicted octanol–water partition coefficient (Wildman–Crippen LogP) is 6.86. The van der Waals surface area contributed by atoms with Gasteiger partial charge in [0.2, 0.25) is 0 Å². The number of thiophene rings is 1. The van der Waals surface area contributed by atoms with Crippen LogP contribution in [0.5, 0.6) is 0 Å². The quantitative estimate of drug-likeness (QED) is 0.350. The van der Waals surface area contributed by atoms with E-state index in [0.717, 1.165) is 13.1 Å². The van der Waals surface area contributed by atoms with Gasteiger partial charge in [0.15, 0.2) is 0 Å². The van der Waals surface area contributed by atoms with Crippen molar-refractivity contribution in [2.24, 2.45) is 0 Å². The van der Waals surface area contributed by atoms with Crippen LogP contribution in [-0.4, -0.2) is 11.9 Å². The molecule has 0 fully saturated rings. The zero-order valence-electron chi connectivity index (χ0n) is 16.9. The molecule has 1 heterocycles. The van der Waals surface area contributed by atoms with Crippen LogP contribution in [0.25, 0.3) is 10.1 Å². The highest BCUT2D eigenvalue weighted by Gasteiger charge is 2.22. The molecule has 0 spiro atoms. The summed E-state index contributed by atoms with van der Waals surface area (Å²) in [5.74, 6) is 0. The van der Waals surface area contributed by atoms with Crippen LogP contribution in [0.4, 0.5) is 0 Å². The summed E-state index contributed by atoms with van der Waals surface area (Å²) in [6.45, 7) is 6.51. The van der Waals surface area contributed by atoms with Crippen molar-refractivity contribution in [3.8, 4) is 0 Å². The van der Waals surface area contributed by atoms with E-state index in [2.05, 4.69) is 110 Å². The molecule has 28 heavy (non-hydrogen) atoms. The van der Waals surface area contributed by atoms with Crippen LogP contribution in [0.3, 0.4) is 0 Å². The largest absolute Gasteiger partial charge is 0.298 e. The molecule has 0 saturated carbocycles. The normalized spacial score (nSPS) is 12.0. The molecule has 0 unspecified atom stereocenters. The summed E-state index contributed by atoms with van der Waals surface area (Å²) < 4.78 is 1.41. The molecule has 1 nitrogen and oxygen atoms in total. The highest BCUT2D eigenvalue weighted by molar-refractivity contribution is 7.17. The fourth-order valence-corrected chi connectivity index (χ4v) is 4.79. The Labute approximate surface area is 172 Å². The van der Waals surface area contributed by atoms with Gasteiger partial charge in [-0.1, -0.05) is 86.6 Å². The minimum atomic E-state index is 0.0144. The summed E-state index contributed by atoms with van der Waals surface area (Å²) in [4.78, 5) is 2.39. The highest BCUT2D eigenvalue weighted by atomic mass is 32.1. The first-order valence-electron chi connectivity index (χ1n) is 9.82. The molecule has 3 aromatic carbocycles. The summed E-state index contributed by atoms with van der Waals surface area (Å²) in [5, 5.41) is 3.53. The van der Waals surface area contributed by atoms with Crippen molar-refractivity contribution in [2.75, 3.05) is 7.05 Å². The Balaban J connectivity index is 1.46. The second-order valence-electron chi connectivity index (χ2n) is 8.12. The van der Waals surface area contributed by atoms with Crippen molar-refractivity contribution in [3.05, 3.63) is 106 Å². The molecular weight excluding hydrogens is 358 g/mol. The van der Waals surface area contributed by atoms with Gasteiger partial charge in [-0.2, -0.15) is 0 Å². The molecule has 1 aromatic heterocycles. The van der Waals surface area contributed by atoms with E-state index >= 15 is 0 Å². The number of hydrogen-bond acceptors (Lipinski definition) is 2. The third-order valence-corrected chi connectivity index (χ3v) is 6.63. The maximum absolute atomic E-state index is 2.39. The second-order valence-corrected chi connectivity index (χ2v) is 9.03. The molecular formula is C26H27NS. The molecule has 0 atom stereocenters. The van der Waals surface area contributed by atoms with Crippen molar-refractivity contribution >= 4 is 21.4 Å². The molecule has 0 aliphatic carbocycles. The molecule has 4 rings (SSSR count). The smallest absolute Gasteiger partial charge is 0.0387 e. The standard InChI is InChI=1S/C26H27NS/c1-26(2,23-10-5-4-6-11-23)24-14-12-20(13-15-24)18-27(3)19-22-9-7-8-21-16-17-28-25(21)22/h4-17H,18-19H2,1-3H3. The van der Waals surface area contributed by atoms with E-state index in [-0.39, 0.29) is 5.41 Å². The average molecular weight is 386 g/mol. The van der Waals surface area contributed by atoms with Gasteiger partial charge in [0.1, 0.15) is 0 Å². The van der Waals surface area contributed by atoms with Crippen LogP contribution in [0.15, 0.2) is 84.2 Å². The van der Waals surface area contributed by atoms with Crippen LogP contribution >= 0.6 is 11.3 Å². The van der Waals surface area contributed by atoms with Gasteiger partial charge in [-0.25, -0.2) is 0 Å². The van der Waals surface area contributed by atoms with Crippen molar-refractivity contribution < 1.29 is 0 Å². The summed E-state index contributed by atoms with van der Waals surface area (Å²) in [6, 6.07) is 28.7. The summed E-state index contributed by atoms with van der Waals surface area (Å²) >= 11 is 1.84. The molecule has 2 heteroatoms. The Bertz CT molecular complexity index is 1040. The Hall–Kier alpha value is -2.42. The zero-order chi connectivity index (χ0) is 19.6. The molecule has 0 aliphatic rings. The van der Waals surface area contributed by atoms with Crippen molar-refractivity contribution in [2.45, 2.75) is 32.4 Å². The Kier molecular flexibility index (Phi) is 5.34. The van der Waals surface area contributed by atoms with Crippen LogP contribution in [-0.2, 0) is 18.5 Å². The number of hydrogen-bond donors (Lipinski definition) is 0. The van der Waals surface area contributed by atoms with Crippen molar-refractivity contribution in [1.82, 2.24) is 4.90 Å². The predicted molar refractivity (Wildman–Crippen MR) is 122 cm³/mol. The van der Waals surface area contributed by atoms with Gasteiger partial charge in [-0.3, -0.25) is 4.90 Å². The van der Waals surface area contributed by atoms with E-state index in [1.165, 1.54) is 32.3 Å². The topological polar surface area (TPSA) is 3.24 Å². The molecule has 0 saturated heterocycles. The molecule has 0 bridgehead atoms. The van der Waals surface area contributed by atoms with Gasteiger partial charge in [0, 0.05) is 23.2 Å². The summed E-state index contributed by atoms with van der Waals surface area (Å²) in [5.41, 5.74) is 5.49. The monoisotopic (exact) mass is 385 g/mol. The molecule has 0 aliphatic heterocycles. The Morgan fingerprint density at radius 2 is 1.46 bits per heavy atom. The third kappa shape index (κ3) is 3.89. The van der Waals surface area contributed by atoms with Gasteiger partial charge in [-0.05, 0) is 46.1 Å². The van der Waals surface area contributed by atoms with Crippen LogP contribution in [0.2, 0.25) is 0 Å². The van der Waals surface area contributed by atoms with Crippen molar-refractivity contribution in [3.63, 3.8) is 0 Å². The maximum Gasteiger partial charge on any atom is 0.0387 e. The lowest BCUT2D eigenvalue weighted by Crippen LogP contribution is -2.19. The minimum Gasteiger partial charge on any atom is -0.298 e. The lowest BCUT2D eigenvalue weighted by atomic mass is 9.78. The number of nitrogens with zero attached hydrogens (tertiary/aromatic N) is 1. The first-order chi connectivity index (χ1) is 13.5. The summed E-state index contributed by atoms with van der Waals surface area (Å²) in [6.07, 6.45) is 0. The molecule has 4 aromatic rings. The maximum atomic E-state index is 2.39. The van der Waals surface area contributed by atoms with Gasteiger partial charge in [0.25, 0.3) is 0 Å². The van der Waals surface area contributed by atoms with E-state index in [0.29, 0.717) is 0 Å². The van der Waals surface area contributed by atoms with Crippen molar-refractivity contribution in [1.29, 1.82) is 0 Å². The number of fused-ring (bicyclic) bond motifs is 1. The second kappa shape index (κ2) is 7.90. The fourth-order valence-electron chi connectivity index (χ4n) is 3.89. The lowest BCUT2D eigenvalue weighted by molar-refractivity contribution is 0.320. The molecule has 142 valence electrons. The SMILES string of the molecule is CN(Cc1ccc(C(C)(C)c2ccccc2)cc1)Cc1cccc2ccsc12. The van der Waals surface area contributed by atoms with Gasteiger partial charge >= 0.3 is 0 Å². The number of rotatable bonds is 6. The first-order valence-corrected chi connectivity index (χ1v) is 10.7. The van der Waals surface area contributed by atoms with Crippen LogP contribution in [0, 0.1) is 0 Å². The molecule has 0 amide bonds. The van der Waals surface area contributed by atoms with E-state index < -0.39 is 0 Å². The first kappa shape index (κ1) is 18.9. The minimum absolute atomic E-state index is 0.0144. The summed E-state index contributed by atoms with van der Waals surface area (Å²) in [7, 11) is 2.20. The third-order valence-electron chi connectivity index (χ3n) is 5.62. The number of benzene rings is 3. The zero-order valence-corrected chi connectivity index (χ0v) is 17.7. The fraction of sp³-hybridized carbons (Fsp3) is 0.231.